The van der Waals surface area contributed by atoms with E-state index in [0.717, 1.165) is 18.2 Å². The van der Waals surface area contributed by atoms with E-state index in [1.54, 1.807) is 11.6 Å². The van der Waals surface area contributed by atoms with Crippen LogP contribution in [0.4, 0.5) is 13.2 Å². The molecule has 0 bridgehead atoms. The van der Waals surface area contributed by atoms with Crippen molar-refractivity contribution in [2.24, 2.45) is 0 Å². The Kier molecular flexibility index (Phi) is 4.77. The average molecular weight is 300 g/mol. The van der Waals surface area contributed by atoms with Crippen molar-refractivity contribution in [3.63, 3.8) is 0 Å². The summed E-state index contributed by atoms with van der Waals surface area (Å²) in [5.41, 5.74) is 2.80. The lowest BCUT2D eigenvalue weighted by molar-refractivity contribution is -0.137. The Bertz CT molecular complexity index is 538. The summed E-state index contributed by atoms with van der Waals surface area (Å²) in [5, 5.41) is 5.18. The van der Waals surface area contributed by atoms with Crippen molar-refractivity contribution in [3.05, 3.63) is 52.0 Å². The minimum Gasteiger partial charge on any atom is -0.310 e. The van der Waals surface area contributed by atoms with E-state index in [9.17, 15) is 13.2 Å². The van der Waals surface area contributed by atoms with E-state index in [1.807, 2.05) is 12.3 Å². The van der Waals surface area contributed by atoms with Gasteiger partial charge in [-0.2, -0.15) is 13.2 Å². The van der Waals surface area contributed by atoms with Crippen LogP contribution >= 0.6 is 11.3 Å². The van der Waals surface area contributed by atoms with Crippen molar-refractivity contribution in [3.8, 4) is 0 Å². The molecule has 1 aromatic carbocycles. The van der Waals surface area contributed by atoms with Crippen molar-refractivity contribution in [1.29, 1.82) is 0 Å². The maximum atomic E-state index is 12.6. The second kappa shape index (κ2) is 6.37. The monoisotopic (exact) mass is 300 g/mol. The number of nitrogens with zero attached hydrogens (tertiary/aromatic N) is 1. The third kappa shape index (κ3) is 4.05. The number of hydrogen-bond donors (Lipinski definition) is 1. The molecule has 2 aromatic rings. The highest BCUT2D eigenvalue weighted by atomic mass is 32.1. The van der Waals surface area contributed by atoms with Gasteiger partial charge in [0.2, 0.25) is 0 Å². The summed E-state index contributed by atoms with van der Waals surface area (Å²) in [7, 11) is 0. The minimum atomic E-state index is -4.30. The fourth-order valence-electron chi connectivity index (χ4n) is 1.88. The highest BCUT2D eigenvalue weighted by molar-refractivity contribution is 7.07. The van der Waals surface area contributed by atoms with Gasteiger partial charge in [-0.1, -0.05) is 12.1 Å². The first-order valence-corrected chi connectivity index (χ1v) is 7.18. The van der Waals surface area contributed by atoms with Crippen molar-refractivity contribution < 1.29 is 13.2 Å². The molecule has 108 valence electrons. The maximum absolute atomic E-state index is 12.6. The molecule has 0 amide bonds. The van der Waals surface area contributed by atoms with Crippen LogP contribution in [0, 0.1) is 0 Å². The largest absolute Gasteiger partial charge is 0.416 e. The fraction of sp³-hybridized carbons (Fsp3) is 0.357. The Morgan fingerprint density at radius 3 is 2.80 bits per heavy atom. The molecule has 1 N–H and O–H groups in total. The van der Waals surface area contributed by atoms with Gasteiger partial charge in [0, 0.05) is 24.4 Å². The zero-order valence-electron chi connectivity index (χ0n) is 10.9. The highest BCUT2D eigenvalue weighted by Gasteiger charge is 2.30. The summed E-state index contributed by atoms with van der Waals surface area (Å²) < 4.78 is 37.9. The quantitative estimate of drug-likeness (QED) is 0.901. The molecule has 1 unspecified atom stereocenters. The van der Waals surface area contributed by atoms with E-state index in [0.29, 0.717) is 12.1 Å². The second-order valence-corrected chi connectivity index (χ2v) is 5.25. The van der Waals surface area contributed by atoms with Crippen LogP contribution < -0.4 is 5.32 Å². The Morgan fingerprint density at radius 1 is 1.35 bits per heavy atom. The summed E-state index contributed by atoms with van der Waals surface area (Å²) in [6.07, 6.45) is -3.52. The zero-order valence-corrected chi connectivity index (χ0v) is 11.8. The smallest absolute Gasteiger partial charge is 0.310 e. The maximum Gasteiger partial charge on any atom is 0.416 e. The van der Waals surface area contributed by atoms with Crippen LogP contribution in [0.3, 0.4) is 0 Å². The van der Waals surface area contributed by atoms with Crippen LogP contribution in [0.1, 0.15) is 29.8 Å². The van der Waals surface area contributed by atoms with E-state index in [2.05, 4.69) is 10.3 Å². The Hall–Kier alpha value is -1.40. The SMILES string of the molecule is CC(NCCc1cscn1)c1cccc(C(F)(F)F)c1. The lowest BCUT2D eigenvalue weighted by Crippen LogP contribution is -2.21. The van der Waals surface area contributed by atoms with Crippen LogP contribution in [-0.4, -0.2) is 11.5 Å². The van der Waals surface area contributed by atoms with Crippen molar-refractivity contribution in [2.45, 2.75) is 25.6 Å². The van der Waals surface area contributed by atoms with Crippen LogP contribution in [0.5, 0.6) is 0 Å². The number of hydrogen-bond acceptors (Lipinski definition) is 3. The van der Waals surface area contributed by atoms with Crippen LogP contribution in [0.2, 0.25) is 0 Å². The van der Waals surface area contributed by atoms with Crippen molar-refractivity contribution in [1.82, 2.24) is 10.3 Å². The number of alkyl halides is 3. The summed E-state index contributed by atoms with van der Waals surface area (Å²) in [4.78, 5) is 4.16. The molecule has 0 aliphatic rings. The zero-order chi connectivity index (χ0) is 14.6. The predicted octanol–water partition coefficient (Wildman–Crippen LogP) is 4.06. The normalized spacial score (nSPS) is 13.4. The van der Waals surface area contributed by atoms with Gasteiger partial charge in [0.05, 0.1) is 16.8 Å². The molecule has 6 heteroatoms. The van der Waals surface area contributed by atoms with E-state index < -0.39 is 11.7 Å². The van der Waals surface area contributed by atoms with E-state index in [4.69, 9.17) is 0 Å². The summed E-state index contributed by atoms with van der Waals surface area (Å²) in [6.45, 7) is 2.54. The standard InChI is InChI=1S/C14H15F3N2S/c1-10(18-6-5-13-8-20-9-19-13)11-3-2-4-12(7-11)14(15,16)17/h2-4,7-10,18H,5-6H2,1H3. The molecular weight excluding hydrogens is 285 g/mol. The first kappa shape index (κ1) is 15.0. The average Bonchev–Trinajstić information content (AvgIpc) is 2.91. The van der Waals surface area contributed by atoms with Gasteiger partial charge in [-0.25, -0.2) is 4.98 Å². The van der Waals surface area contributed by atoms with Crippen LogP contribution in [0.15, 0.2) is 35.2 Å². The van der Waals surface area contributed by atoms with Gasteiger partial charge in [0.15, 0.2) is 0 Å². The lowest BCUT2D eigenvalue weighted by Gasteiger charge is -2.16. The van der Waals surface area contributed by atoms with Gasteiger partial charge in [0.25, 0.3) is 0 Å². The first-order valence-electron chi connectivity index (χ1n) is 6.24. The Balaban J connectivity index is 1.93. The highest BCUT2D eigenvalue weighted by Crippen LogP contribution is 2.30. The lowest BCUT2D eigenvalue weighted by atomic mass is 10.0. The molecule has 0 aliphatic heterocycles. The van der Waals surface area contributed by atoms with Crippen molar-refractivity contribution >= 4 is 11.3 Å². The molecule has 0 radical (unpaired) electrons. The summed E-state index contributed by atoms with van der Waals surface area (Å²) >= 11 is 1.54. The fourth-order valence-corrected chi connectivity index (χ4v) is 2.47. The second-order valence-electron chi connectivity index (χ2n) is 4.53. The van der Waals surface area contributed by atoms with E-state index in [1.165, 1.54) is 23.5 Å². The number of benzene rings is 1. The van der Waals surface area contributed by atoms with Gasteiger partial charge in [-0.15, -0.1) is 11.3 Å². The summed E-state index contributed by atoms with van der Waals surface area (Å²) in [6, 6.07) is 5.30. The van der Waals surface area contributed by atoms with Crippen molar-refractivity contribution in [2.75, 3.05) is 6.54 Å². The topological polar surface area (TPSA) is 24.9 Å². The third-order valence-electron chi connectivity index (χ3n) is 3.03. The van der Waals surface area contributed by atoms with Gasteiger partial charge in [-0.3, -0.25) is 0 Å². The van der Waals surface area contributed by atoms with Gasteiger partial charge >= 0.3 is 6.18 Å². The molecule has 2 rings (SSSR count). The van der Waals surface area contributed by atoms with Gasteiger partial charge < -0.3 is 5.32 Å². The minimum absolute atomic E-state index is 0.129. The van der Waals surface area contributed by atoms with E-state index >= 15 is 0 Å². The number of aromatic nitrogens is 1. The molecule has 1 atom stereocenters. The molecule has 2 nitrogen and oxygen atoms in total. The number of nitrogens with one attached hydrogen (secondary N) is 1. The third-order valence-corrected chi connectivity index (χ3v) is 3.66. The van der Waals surface area contributed by atoms with E-state index in [-0.39, 0.29) is 6.04 Å². The Labute approximate surface area is 119 Å². The number of thiazole rings is 1. The first-order chi connectivity index (χ1) is 9.47. The molecule has 0 aliphatic carbocycles. The molecule has 1 heterocycles. The predicted molar refractivity (Wildman–Crippen MR) is 73.7 cm³/mol. The molecule has 0 fully saturated rings. The molecule has 20 heavy (non-hydrogen) atoms. The molecule has 1 aromatic heterocycles. The molecule has 0 saturated carbocycles. The molecule has 0 spiro atoms. The summed E-state index contributed by atoms with van der Waals surface area (Å²) in [5.74, 6) is 0. The van der Waals surface area contributed by atoms with Crippen LogP contribution in [0.25, 0.3) is 0 Å². The van der Waals surface area contributed by atoms with Gasteiger partial charge in [-0.05, 0) is 24.6 Å². The molecular formula is C14H15F3N2S. The number of halogens is 3. The van der Waals surface area contributed by atoms with Gasteiger partial charge in [0.1, 0.15) is 0 Å². The molecule has 0 saturated heterocycles. The number of rotatable bonds is 5. The van der Waals surface area contributed by atoms with Crippen LogP contribution in [-0.2, 0) is 12.6 Å². The Morgan fingerprint density at radius 2 is 2.15 bits per heavy atom.